The van der Waals surface area contributed by atoms with E-state index < -0.39 is 12.3 Å². The van der Waals surface area contributed by atoms with Crippen LogP contribution in [0.4, 0.5) is 0 Å². The molecular weight excluding hydrogens is 336 g/mol. The largest absolute Gasteiger partial charge is 0.478 e. The predicted octanol–water partition coefficient (Wildman–Crippen LogP) is 0.587. The molecule has 1 unspecified atom stereocenters. The summed E-state index contributed by atoms with van der Waals surface area (Å²) in [6.07, 6.45) is 1.57. The van der Waals surface area contributed by atoms with Gasteiger partial charge in [0.05, 0.1) is 12.3 Å². The molecule has 9 heteroatoms. The first-order valence-electron chi connectivity index (χ1n) is 7.86. The lowest BCUT2D eigenvalue weighted by Crippen LogP contribution is -2.05. The molecule has 1 atom stereocenters. The van der Waals surface area contributed by atoms with E-state index in [1.165, 1.54) is 7.11 Å². The Morgan fingerprint density at radius 3 is 1.24 bits per heavy atom. The maximum absolute atomic E-state index is 9.86. The molecule has 0 rings (SSSR count). The molecule has 0 saturated heterocycles. The maximum Gasteiger partial charge on any atom is 0.331 e. The van der Waals surface area contributed by atoms with Crippen LogP contribution in [0.15, 0.2) is 12.3 Å². The third kappa shape index (κ3) is 214. The summed E-state index contributed by atoms with van der Waals surface area (Å²) in [4.78, 5) is 9.86. The number of carbonyl (C=O) groups is 1. The highest BCUT2D eigenvalue weighted by molar-refractivity contribution is 5.79. The average molecular weight is 376 g/mol. The molecule has 0 aliphatic carbocycles. The molecule has 25 heavy (non-hydrogen) atoms. The molecule has 158 valence electrons. The highest BCUT2D eigenvalue weighted by Crippen LogP contribution is 1.90. The topological polar surface area (TPSA) is 157 Å². The van der Waals surface area contributed by atoms with Crippen LogP contribution in [0.3, 0.4) is 0 Å². The average Bonchev–Trinajstić information content (AvgIpc) is 2.50. The van der Waals surface area contributed by atoms with E-state index in [0.717, 1.165) is 12.3 Å². The second-order valence-corrected chi connectivity index (χ2v) is 3.16. The van der Waals surface area contributed by atoms with Crippen LogP contribution in [-0.2, 0) is 14.3 Å². The van der Waals surface area contributed by atoms with E-state index in [2.05, 4.69) is 4.74 Å². The summed E-state index contributed by atoms with van der Waals surface area (Å²) in [5, 5.41) is 45.9. The maximum atomic E-state index is 9.86. The molecule has 0 bridgehead atoms. The summed E-state index contributed by atoms with van der Waals surface area (Å²) in [5.74, 6) is -1.04. The van der Waals surface area contributed by atoms with Gasteiger partial charge in [0.15, 0.2) is 6.29 Å². The molecule has 0 aliphatic heterocycles. The number of hydrogen-bond donors (Lipinski definition) is 6. The van der Waals surface area contributed by atoms with Crippen molar-refractivity contribution in [2.24, 2.45) is 0 Å². The highest BCUT2D eigenvalue weighted by atomic mass is 16.7. The van der Waals surface area contributed by atoms with E-state index >= 15 is 0 Å². The first-order valence-corrected chi connectivity index (χ1v) is 7.86. The fourth-order valence-electron chi connectivity index (χ4n) is 0.264. The molecule has 0 saturated carbocycles. The number of ether oxygens (including phenoxy) is 2. The summed E-state index contributed by atoms with van der Waals surface area (Å²) in [6.45, 7) is 11.3. The summed E-state index contributed by atoms with van der Waals surface area (Å²) < 4.78 is 9.38. The van der Waals surface area contributed by atoms with Crippen molar-refractivity contribution in [1.82, 2.24) is 0 Å². The molecule has 0 aromatic heterocycles. The summed E-state index contributed by atoms with van der Waals surface area (Å²) in [6, 6.07) is 0. The first-order chi connectivity index (χ1) is 11.7. The monoisotopic (exact) mass is 376 g/mol. The van der Waals surface area contributed by atoms with Crippen molar-refractivity contribution in [3.8, 4) is 0 Å². The predicted molar refractivity (Wildman–Crippen MR) is 98.1 cm³/mol. The van der Waals surface area contributed by atoms with Crippen molar-refractivity contribution < 1.29 is 44.9 Å². The normalized spacial score (nSPS) is 8.96. The molecule has 6 N–H and O–H groups in total. The Morgan fingerprint density at radius 2 is 1.08 bits per heavy atom. The molecule has 0 radical (unpaired) electrons. The van der Waals surface area contributed by atoms with Crippen LogP contribution in [0.25, 0.3) is 0 Å². The molecule has 0 aromatic carbocycles. The molecule has 0 spiro atoms. The quantitative estimate of drug-likeness (QED) is 0.235. The van der Waals surface area contributed by atoms with Crippen LogP contribution >= 0.6 is 0 Å². The van der Waals surface area contributed by atoms with E-state index in [1.54, 1.807) is 41.5 Å². The van der Waals surface area contributed by atoms with Gasteiger partial charge >= 0.3 is 5.97 Å². The van der Waals surface area contributed by atoms with Gasteiger partial charge in [-0.1, -0.05) is 0 Å². The highest BCUT2D eigenvalue weighted by Gasteiger charge is 1.93. The Balaban J connectivity index is -0.0000000501. The van der Waals surface area contributed by atoms with Crippen molar-refractivity contribution >= 4 is 5.97 Å². The van der Waals surface area contributed by atoms with Crippen LogP contribution in [0, 0.1) is 0 Å². The zero-order valence-electron chi connectivity index (χ0n) is 16.7. The lowest BCUT2D eigenvalue weighted by atomic mass is 10.6. The van der Waals surface area contributed by atoms with Gasteiger partial charge in [-0.15, -0.1) is 0 Å². The number of aliphatic hydroxyl groups is 5. The van der Waals surface area contributed by atoms with Gasteiger partial charge in [-0.3, -0.25) is 0 Å². The van der Waals surface area contributed by atoms with Gasteiger partial charge in [0.2, 0.25) is 0 Å². The Kier molecular flexibility index (Phi) is 88.8. The first kappa shape index (κ1) is 39.0. The number of rotatable bonds is 4. The van der Waals surface area contributed by atoms with Gasteiger partial charge in [-0.25, -0.2) is 4.79 Å². The zero-order chi connectivity index (χ0) is 21.5. The molecule has 9 nitrogen and oxygen atoms in total. The number of aliphatic hydroxyl groups excluding tert-OH is 5. The number of aliphatic carboxylic acids is 1. The van der Waals surface area contributed by atoms with Crippen molar-refractivity contribution in [2.75, 3.05) is 40.1 Å². The minimum Gasteiger partial charge on any atom is -0.478 e. The fourth-order valence-corrected chi connectivity index (χ4v) is 0.264. The third-order valence-electron chi connectivity index (χ3n) is 0.813. The number of carboxylic acids is 1. The van der Waals surface area contributed by atoms with Crippen LogP contribution in [0.2, 0.25) is 0 Å². The third-order valence-corrected chi connectivity index (χ3v) is 0.813. The molecule has 0 fully saturated rings. The molecule has 0 aliphatic rings. The standard InChI is InChI=1S/C6H10O4.5C2H6O/c1-5(9-2)10-4-3-6(7)8;5*1-2-3/h3-5H,1-2H3,(H,7,8);5*3H,2H2,1H3. The second kappa shape index (κ2) is 56.9. The molecule has 0 amide bonds. The summed E-state index contributed by atoms with van der Waals surface area (Å²) in [5.41, 5.74) is 0. The van der Waals surface area contributed by atoms with E-state index in [0.29, 0.717) is 0 Å². The van der Waals surface area contributed by atoms with Crippen molar-refractivity contribution in [1.29, 1.82) is 0 Å². The fraction of sp³-hybridized carbons (Fsp3) is 0.812. The van der Waals surface area contributed by atoms with Crippen LogP contribution in [-0.4, -0.2) is 83.0 Å². The van der Waals surface area contributed by atoms with Gasteiger partial charge in [0.1, 0.15) is 0 Å². The summed E-state index contributed by atoms with van der Waals surface area (Å²) >= 11 is 0. The van der Waals surface area contributed by atoms with Gasteiger partial charge in [-0.2, -0.15) is 0 Å². The van der Waals surface area contributed by atoms with Crippen LogP contribution in [0.1, 0.15) is 41.5 Å². The lowest BCUT2D eigenvalue weighted by molar-refractivity contribution is -0.131. The minimum absolute atomic E-state index is 0.250. The molecule has 0 heterocycles. The SMILES string of the molecule is CCO.CCO.CCO.CCO.CCO.COC(C)OC=CC(=O)O. The van der Waals surface area contributed by atoms with Gasteiger partial charge in [0.25, 0.3) is 0 Å². The minimum atomic E-state index is -1.04. The van der Waals surface area contributed by atoms with E-state index in [1.807, 2.05) is 0 Å². The summed E-state index contributed by atoms with van der Waals surface area (Å²) in [7, 11) is 1.47. The van der Waals surface area contributed by atoms with Crippen molar-refractivity contribution in [3.05, 3.63) is 12.3 Å². The Labute approximate surface area is 152 Å². The lowest BCUT2D eigenvalue weighted by Gasteiger charge is -2.06. The van der Waals surface area contributed by atoms with E-state index in [4.69, 9.17) is 35.4 Å². The number of methoxy groups -OCH3 is 1. The van der Waals surface area contributed by atoms with Gasteiger partial charge in [0, 0.05) is 40.1 Å². The van der Waals surface area contributed by atoms with Crippen LogP contribution < -0.4 is 0 Å². The Bertz CT molecular complexity index is 188. The van der Waals surface area contributed by atoms with Crippen molar-refractivity contribution in [3.63, 3.8) is 0 Å². The molecular formula is C16H40O9. The molecule has 0 aromatic rings. The Hall–Kier alpha value is -1.23. The van der Waals surface area contributed by atoms with E-state index in [9.17, 15) is 4.79 Å². The number of hydrogen-bond acceptors (Lipinski definition) is 8. The zero-order valence-corrected chi connectivity index (χ0v) is 16.7. The Morgan fingerprint density at radius 1 is 0.840 bits per heavy atom. The van der Waals surface area contributed by atoms with E-state index in [-0.39, 0.29) is 33.0 Å². The number of carboxylic acid groups (broad SMARTS) is 1. The van der Waals surface area contributed by atoms with Gasteiger partial charge < -0.3 is 40.1 Å². The van der Waals surface area contributed by atoms with Crippen molar-refractivity contribution in [2.45, 2.75) is 47.8 Å². The van der Waals surface area contributed by atoms with Gasteiger partial charge in [-0.05, 0) is 41.5 Å². The smallest absolute Gasteiger partial charge is 0.331 e. The second-order valence-electron chi connectivity index (χ2n) is 3.16. The van der Waals surface area contributed by atoms with Crippen LogP contribution in [0.5, 0.6) is 0 Å².